The van der Waals surface area contributed by atoms with Crippen molar-refractivity contribution < 1.29 is 4.39 Å². The summed E-state index contributed by atoms with van der Waals surface area (Å²) in [6, 6.07) is 4.76. The van der Waals surface area contributed by atoms with Crippen molar-refractivity contribution in [3.63, 3.8) is 0 Å². The van der Waals surface area contributed by atoms with E-state index in [-0.39, 0.29) is 29.3 Å². The molecule has 1 saturated heterocycles. The summed E-state index contributed by atoms with van der Waals surface area (Å²) >= 11 is 5.65. The predicted molar refractivity (Wildman–Crippen MR) is 71.2 cm³/mol. The summed E-state index contributed by atoms with van der Waals surface area (Å²) in [5.74, 6) is 0.0466. The first-order chi connectivity index (χ1) is 7.68. The number of nitrogens with one attached hydrogen (secondary N) is 1. The third-order valence-electron chi connectivity index (χ3n) is 3.22. The topological polar surface area (TPSA) is 38.0 Å². The fourth-order valence-corrected chi connectivity index (χ4v) is 2.31. The fraction of sp³-hybridized carbons (Fsp3) is 0.500. The minimum atomic E-state index is -0.386. The summed E-state index contributed by atoms with van der Waals surface area (Å²) in [5, 5.41) is 3.44. The highest BCUT2D eigenvalue weighted by Crippen LogP contribution is 2.28. The molecule has 1 heterocycles. The maximum Gasteiger partial charge on any atom is 0.142 e. The van der Waals surface area contributed by atoms with Crippen LogP contribution in [0.15, 0.2) is 18.2 Å². The standard InChI is InChI=1S/C12H16ClFN2.ClH/c13-10-2-1-9(7-11(10)14)12(15)8-3-5-16-6-4-8;/h1-2,7-8,12,16H,3-6,15H2;1H/t12-;/m1./s1. The number of hydrogen-bond acceptors (Lipinski definition) is 2. The van der Waals surface area contributed by atoms with Crippen LogP contribution >= 0.6 is 24.0 Å². The van der Waals surface area contributed by atoms with Crippen molar-refractivity contribution in [1.82, 2.24) is 5.32 Å². The Bertz CT molecular complexity index is 368. The first-order valence-electron chi connectivity index (χ1n) is 5.59. The van der Waals surface area contributed by atoms with Crippen LogP contribution in [0, 0.1) is 11.7 Å². The van der Waals surface area contributed by atoms with Crippen molar-refractivity contribution in [2.45, 2.75) is 18.9 Å². The van der Waals surface area contributed by atoms with Crippen LogP contribution in [0.5, 0.6) is 0 Å². The molecule has 0 radical (unpaired) electrons. The highest BCUT2D eigenvalue weighted by atomic mass is 35.5. The van der Waals surface area contributed by atoms with Crippen molar-refractivity contribution in [2.75, 3.05) is 13.1 Å². The molecule has 1 fully saturated rings. The highest BCUT2D eigenvalue weighted by molar-refractivity contribution is 6.30. The normalized spacial score (nSPS) is 18.5. The zero-order valence-corrected chi connectivity index (χ0v) is 11.0. The predicted octanol–water partition coefficient (Wildman–Crippen LogP) is 2.90. The lowest BCUT2D eigenvalue weighted by molar-refractivity contribution is 0.321. The summed E-state index contributed by atoms with van der Waals surface area (Å²) in [6.07, 6.45) is 2.09. The van der Waals surface area contributed by atoms with Crippen LogP contribution in [0.25, 0.3) is 0 Å². The van der Waals surface area contributed by atoms with Crippen LogP contribution in [0.1, 0.15) is 24.4 Å². The van der Waals surface area contributed by atoms with E-state index in [1.807, 2.05) is 6.07 Å². The lowest BCUT2D eigenvalue weighted by Gasteiger charge is -2.28. The lowest BCUT2D eigenvalue weighted by atomic mass is 9.86. The molecule has 1 aromatic carbocycles. The molecular weight excluding hydrogens is 262 g/mol. The number of halogens is 3. The quantitative estimate of drug-likeness (QED) is 0.873. The van der Waals surface area contributed by atoms with Crippen molar-refractivity contribution in [3.05, 3.63) is 34.6 Å². The molecular formula is C12H17Cl2FN2. The zero-order valence-electron chi connectivity index (χ0n) is 9.46. The fourth-order valence-electron chi connectivity index (χ4n) is 2.20. The van der Waals surface area contributed by atoms with Crippen molar-refractivity contribution in [3.8, 4) is 0 Å². The molecule has 0 unspecified atom stereocenters. The van der Waals surface area contributed by atoms with Gasteiger partial charge in [0.15, 0.2) is 0 Å². The van der Waals surface area contributed by atoms with Crippen molar-refractivity contribution >= 4 is 24.0 Å². The first-order valence-corrected chi connectivity index (χ1v) is 5.97. The minimum Gasteiger partial charge on any atom is -0.324 e. The van der Waals surface area contributed by atoms with E-state index >= 15 is 0 Å². The molecule has 2 rings (SSSR count). The molecule has 96 valence electrons. The Morgan fingerprint density at radius 1 is 1.35 bits per heavy atom. The van der Waals surface area contributed by atoms with Crippen LogP contribution in [-0.4, -0.2) is 13.1 Å². The second kappa shape index (κ2) is 6.55. The van der Waals surface area contributed by atoms with Gasteiger partial charge in [0.2, 0.25) is 0 Å². The molecule has 3 N–H and O–H groups in total. The number of rotatable bonds is 2. The summed E-state index contributed by atoms with van der Waals surface area (Å²) in [6.45, 7) is 1.99. The maximum atomic E-state index is 13.3. The molecule has 1 aliphatic rings. The highest BCUT2D eigenvalue weighted by Gasteiger charge is 2.22. The molecule has 0 aliphatic carbocycles. The van der Waals surface area contributed by atoms with E-state index in [9.17, 15) is 4.39 Å². The second-order valence-corrected chi connectivity index (χ2v) is 4.69. The van der Waals surface area contributed by atoms with Gasteiger partial charge in [-0.05, 0) is 49.5 Å². The largest absolute Gasteiger partial charge is 0.324 e. The van der Waals surface area contributed by atoms with E-state index in [1.165, 1.54) is 6.07 Å². The van der Waals surface area contributed by atoms with Gasteiger partial charge in [-0.2, -0.15) is 0 Å². The maximum absolute atomic E-state index is 13.3. The Kier molecular flexibility index (Phi) is 5.67. The summed E-state index contributed by atoms with van der Waals surface area (Å²) in [4.78, 5) is 0. The van der Waals surface area contributed by atoms with Gasteiger partial charge < -0.3 is 11.1 Å². The van der Waals surface area contributed by atoms with Gasteiger partial charge in [0.1, 0.15) is 5.82 Å². The summed E-state index contributed by atoms with van der Waals surface area (Å²) in [7, 11) is 0. The number of benzene rings is 1. The van der Waals surface area contributed by atoms with Gasteiger partial charge >= 0.3 is 0 Å². The van der Waals surface area contributed by atoms with Gasteiger partial charge in [0.05, 0.1) is 5.02 Å². The van der Waals surface area contributed by atoms with E-state index in [2.05, 4.69) is 5.32 Å². The Morgan fingerprint density at radius 2 is 2.00 bits per heavy atom. The van der Waals surface area contributed by atoms with Gasteiger partial charge in [-0.15, -0.1) is 12.4 Å². The Balaban J connectivity index is 0.00000144. The van der Waals surface area contributed by atoms with Crippen LogP contribution in [0.4, 0.5) is 4.39 Å². The second-order valence-electron chi connectivity index (χ2n) is 4.29. The van der Waals surface area contributed by atoms with Gasteiger partial charge in [-0.25, -0.2) is 4.39 Å². The van der Waals surface area contributed by atoms with Gasteiger partial charge in [-0.1, -0.05) is 17.7 Å². The van der Waals surface area contributed by atoms with E-state index in [0.29, 0.717) is 5.92 Å². The number of hydrogen-bond donors (Lipinski definition) is 2. The van der Waals surface area contributed by atoms with Gasteiger partial charge in [-0.3, -0.25) is 0 Å². The smallest absolute Gasteiger partial charge is 0.142 e. The van der Waals surface area contributed by atoms with Gasteiger partial charge in [0, 0.05) is 6.04 Å². The van der Waals surface area contributed by atoms with E-state index in [0.717, 1.165) is 31.5 Å². The number of nitrogens with two attached hydrogens (primary N) is 1. The molecule has 1 atom stereocenters. The molecule has 17 heavy (non-hydrogen) atoms. The molecule has 0 aromatic heterocycles. The third-order valence-corrected chi connectivity index (χ3v) is 3.53. The summed E-state index contributed by atoms with van der Waals surface area (Å²) in [5.41, 5.74) is 6.99. The molecule has 2 nitrogen and oxygen atoms in total. The summed E-state index contributed by atoms with van der Waals surface area (Å²) < 4.78 is 13.3. The van der Waals surface area contributed by atoms with Crippen LogP contribution in [0.2, 0.25) is 5.02 Å². The van der Waals surface area contributed by atoms with E-state index in [4.69, 9.17) is 17.3 Å². The minimum absolute atomic E-state index is 0. The average Bonchev–Trinajstić information content (AvgIpc) is 2.33. The Hall–Kier alpha value is -0.350. The van der Waals surface area contributed by atoms with Crippen LogP contribution in [0.3, 0.4) is 0 Å². The monoisotopic (exact) mass is 278 g/mol. The van der Waals surface area contributed by atoms with Crippen molar-refractivity contribution in [2.24, 2.45) is 11.7 Å². The molecule has 0 bridgehead atoms. The Labute approximate surface area is 112 Å². The van der Waals surface area contributed by atoms with Crippen molar-refractivity contribution in [1.29, 1.82) is 0 Å². The Morgan fingerprint density at radius 3 is 2.59 bits per heavy atom. The first kappa shape index (κ1) is 14.7. The molecule has 5 heteroatoms. The molecule has 1 aliphatic heterocycles. The molecule has 0 amide bonds. The molecule has 1 aromatic rings. The molecule has 0 spiro atoms. The van der Waals surface area contributed by atoms with Crippen LogP contribution < -0.4 is 11.1 Å². The average molecular weight is 279 g/mol. The SMILES string of the molecule is Cl.N[C@@H](c1ccc(Cl)c(F)c1)C1CCNCC1. The molecule has 0 saturated carbocycles. The zero-order chi connectivity index (χ0) is 11.5. The van der Waals surface area contributed by atoms with Gasteiger partial charge in [0.25, 0.3) is 0 Å². The van der Waals surface area contributed by atoms with E-state index in [1.54, 1.807) is 6.07 Å². The van der Waals surface area contributed by atoms with Crippen LogP contribution in [-0.2, 0) is 0 Å². The van der Waals surface area contributed by atoms with E-state index < -0.39 is 0 Å². The third kappa shape index (κ3) is 3.55. The number of piperidine rings is 1. The lowest BCUT2D eigenvalue weighted by Crippen LogP contribution is -2.33.